The van der Waals surface area contributed by atoms with Crippen LogP contribution < -0.4 is 0 Å². The normalized spacial score (nSPS) is 8.50. The summed E-state index contributed by atoms with van der Waals surface area (Å²) in [6, 6.07) is 10.4. The Morgan fingerprint density at radius 2 is 1.83 bits per heavy atom. The van der Waals surface area contributed by atoms with E-state index in [9.17, 15) is 0 Å². The van der Waals surface area contributed by atoms with E-state index in [1.54, 1.807) is 0 Å². The third kappa shape index (κ3) is 3.63. The molecule has 60 valence electrons. The number of rotatable bonds is 1. The quantitative estimate of drug-likeness (QED) is 0.451. The first-order chi connectivity index (χ1) is 5.79. The lowest BCUT2D eigenvalue weighted by Gasteiger charge is -1.91. The van der Waals surface area contributed by atoms with Gasteiger partial charge >= 0.3 is 14.1 Å². The van der Waals surface area contributed by atoms with Crippen LogP contribution in [0.1, 0.15) is 5.56 Å². The summed E-state index contributed by atoms with van der Waals surface area (Å²) in [7, 11) is 0. The summed E-state index contributed by atoms with van der Waals surface area (Å²) in [5, 5.41) is 0. The predicted octanol–water partition coefficient (Wildman–Crippen LogP) is 2.53. The maximum Gasteiger partial charge on any atom is 0.369 e. The second kappa shape index (κ2) is 5.05. The first-order valence-electron chi connectivity index (χ1n) is 4.31. The monoisotopic (exact) mass is 172 g/mol. The molecule has 0 bridgehead atoms. The van der Waals surface area contributed by atoms with Crippen LogP contribution >= 0.6 is 0 Å². The molecule has 1 heteroatoms. The molecule has 0 aliphatic heterocycles. The molecule has 0 atom stereocenters. The van der Waals surface area contributed by atoms with Crippen LogP contribution in [-0.4, -0.2) is 14.1 Å². The van der Waals surface area contributed by atoms with Crippen LogP contribution in [0.5, 0.6) is 0 Å². The van der Waals surface area contributed by atoms with Crippen LogP contribution in [0.3, 0.4) is 0 Å². The lowest BCUT2D eigenvalue weighted by molar-refractivity contribution is 1.32. The Kier molecular flexibility index (Phi) is 3.95. The van der Waals surface area contributed by atoms with Crippen molar-refractivity contribution in [3.8, 4) is 10.7 Å². The number of benzene rings is 1. The van der Waals surface area contributed by atoms with Crippen molar-refractivity contribution >= 4 is 14.1 Å². The van der Waals surface area contributed by atoms with Gasteiger partial charge in [-0.05, 0) is 5.56 Å². The Morgan fingerprint density at radius 3 is 2.42 bits per heavy atom. The van der Waals surface area contributed by atoms with Crippen LogP contribution in [0, 0.1) is 10.7 Å². The van der Waals surface area contributed by atoms with E-state index in [1.807, 2.05) is 6.07 Å². The van der Waals surface area contributed by atoms with Gasteiger partial charge in [-0.3, -0.25) is 0 Å². The van der Waals surface area contributed by atoms with Gasteiger partial charge in [0.15, 0.2) is 0 Å². The fraction of sp³-hybridized carbons (Fsp3) is 0.273. The highest BCUT2D eigenvalue weighted by Crippen LogP contribution is 1.97. The number of hydrogen-bond donors (Lipinski definition) is 0. The largest absolute Gasteiger partial charge is 0.369 e. The molecule has 1 aromatic rings. The molecule has 1 aromatic carbocycles. The van der Waals surface area contributed by atoms with Gasteiger partial charge in [-0.1, -0.05) is 41.9 Å². The van der Waals surface area contributed by atoms with E-state index in [0.29, 0.717) is 0 Å². The van der Waals surface area contributed by atoms with Gasteiger partial charge in [-0.15, -0.1) is 5.92 Å². The van der Waals surface area contributed by atoms with Crippen molar-refractivity contribution in [2.24, 2.45) is 0 Å². The van der Waals surface area contributed by atoms with Crippen molar-refractivity contribution in [1.82, 2.24) is 0 Å². The van der Waals surface area contributed by atoms with Crippen LogP contribution in [-0.2, 0) is 6.42 Å². The highest BCUT2D eigenvalue weighted by Gasteiger charge is 1.93. The van der Waals surface area contributed by atoms with E-state index in [4.69, 9.17) is 0 Å². The lowest BCUT2D eigenvalue weighted by Crippen LogP contribution is -1.93. The fourth-order valence-electron chi connectivity index (χ4n) is 0.953. The molecule has 0 unspecified atom stereocenters. The zero-order chi connectivity index (χ0) is 8.81. The van der Waals surface area contributed by atoms with Crippen molar-refractivity contribution in [3.05, 3.63) is 35.9 Å². The summed E-state index contributed by atoms with van der Waals surface area (Å²) in [4.78, 5) is 3.28. The smallest absolute Gasteiger partial charge is 0.205 e. The van der Waals surface area contributed by atoms with Crippen LogP contribution in [0.25, 0.3) is 0 Å². The van der Waals surface area contributed by atoms with E-state index < -0.39 is 14.1 Å². The topological polar surface area (TPSA) is 0 Å². The van der Waals surface area contributed by atoms with Gasteiger partial charge in [-0.25, -0.2) is 4.78 Å². The molecule has 1 rings (SSSR count). The average molecular weight is 172 g/mol. The van der Waals surface area contributed by atoms with Crippen LogP contribution in [0.2, 0.25) is 11.6 Å². The minimum Gasteiger partial charge on any atom is -0.205 e. The molecule has 0 saturated carbocycles. The molecular formula is C11H13Al. The molecule has 0 N–H and O–H groups in total. The van der Waals surface area contributed by atoms with Crippen molar-refractivity contribution in [2.45, 2.75) is 18.0 Å². The molecule has 0 spiro atoms. The summed E-state index contributed by atoms with van der Waals surface area (Å²) >= 11 is -0.673. The first kappa shape index (κ1) is 9.40. The van der Waals surface area contributed by atoms with E-state index in [1.165, 1.54) is 5.56 Å². The number of hydrogen-bond acceptors (Lipinski definition) is 0. The zero-order valence-corrected chi connectivity index (χ0v) is 8.83. The highest BCUT2D eigenvalue weighted by atomic mass is 27.2. The van der Waals surface area contributed by atoms with Crippen molar-refractivity contribution in [2.75, 3.05) is 0 Å². The van der Waals surface area contributed by atoms with E-state index in [-0.39, 0.29) is 0 Å². The summed E-state index contributed by atoms with van der Waals surface area (Å²) in [6.45, 7) is 0. The standard InChI is InChI=1S/C9H7.2CH3.Al/c1-2-6-9-7-4-3-5-8-9;;;/h3-5,7-8H,6H2;2*1H3;. The minimum absolute atomic E-state index is 0.673. The van der Waals surface area contributed by atoms with Gasteiger partial charge in [0, 0.05) is 6.42 Å². The first-order valence-corrected chi connectivity index (χ1v) is 7.20. The third-order valence-corrected chi connectivity index (χ3v) is 2.31. The molecule has 0 radical (unpaired) electrons. The summed E-state index contributed by atoms with van der Waals surface area (Å²) in [5.41, 5.74) is 1.32. The predicted molar refractivity (Wildman–Crippen MR) is 55.4 cm³/mol. The Balaban J connectivity index is 2.51. The van der Waals surface area contributed by atoms with Crippen molar-refractivity contribution in [1.29, 1.82) is 0 Å². The average Bonchev–Trinajstić information content (AvgIpc) is 2.05. The van der Waals surface area contributed by atoms with Gasteiger partial charge in [0.2, 0.25) is 0 Å². The van der Waals surface area contributed by atoms with Gasteiger partial charge in [0.05, 0.1) is 0 Å². The third-order valence-electron chi connectivity index (χ3n) is 1.53. The maximum atomic E-state index is 3.28. The van der Waals surface area contributed by atoms with Gasteiger partial charge < -0.3 is 0 Å². The van der Waals surface area contributed by atoms with Crippen molar-refractivity contribution < 1.29 is 0 Å². The fourth-order valence-corrected chi connectivity index (χ4v) is 1.46. The molecule has 12 heavy (non-hydrogen) atoms. The molecule has 0 aromatic heterocycles. The molecule has 0 fully saturated rings. The Morgan fingerprint density at radius 1 is 1.17 bits per heavy atom. The summed E-state index contributed by atoms with van der Waals surface area (Å²) < 4.78 is 0. The molecule has 0 heterocycles. The molecular weight excluding hydrogens is 159 g/mol. The van der Waals surface area contributed by atoms with Gasteiger partial charge in [0.25, 0.3) is 0 Å². The minimum atomic E-state index is -0.673. The molecule has 0 saturated heterocycles. The SMILES string of the molecule is [CH3][Al]([CH3])[C]#CCc1ccccc1. The maximum absolute atomic E-state index is 3.28. The lowest BCUT2D eigenvalue weighted by atomic mass is 10.2. The molecule has 0 aliphatic carbocycles. The van der Waals surface area contributed by atoms with E-state index >= 15 is 0 Å². The van der Waals surface area contributed by atoms with Gasteiger partial charge in [0.1, 0.15) is 0 Å². The Labute approximate surface area is 79.0 Å². The highest BCUT2D eigenvalue weighted by molar-refractivity contribution is 6.64. The van der Waals surface area contributed by atoms with E-state index in [2.05, 4.69) is 46.5 Å². The van der Waals surface area contributed by atoms with E-state index in [0.717, 1.165) is 6.42 Å². The molecule has 0 nitrogen and oxygen atoms in total. The van der Waals surface area contributed by atoms with Crippen LogP contribution in [0.15, 0.2) is 30.3 Å². The Hall–Kier alpha value is -0.688. The summed E-state index contributed by atoms with van der Waals surface area (Å²) in [5.74, 6) is 7.71. The van der Waals surface area contributed by atoms with Crippen molar-refractivity contribution in [3.63, 3.8) is 0 Å². The Bertz CT molecular complexity index is 277. The molecule has 0 amide bonds. The second-order valence-electron chi connectivity index (χ2n) is 3.14. The summed E-state index contributed by atoms with van der Waals surface area (Å²) in [6.07, 6.45) is 0.909. The molecule has 0 aliphatic rings. The zero-order valence-electron chi connectivity index (χ0n) is 7.67. The second-order valence-corrected chi connectivity index (χ2v) is 5.74. The van der Waals surface area contributed by atoms with Crippen LogP contribution in [0.4, 0.5) is 0 Å². The van der Waals surface area contributed by atoms with Gasteiger partial charge in [-0.2, -0.15) is 0 Å².